The third-order valence-electron chi connectivity index (χ3n) is 6.98. The molecule has 0 spiro atoms. The van der Waals surface area contributed by atoms with E-state index in [0.717, 1.165) is 47.0 Å². The minimum atomic E-state index is -3.64. The summed E-state index contributed by atoms with van der Waals surface area (Å²) in [5.41, 5.74) is 3.48. The number of aromatic nitrogens is 1. The molecule has 3 aromatic carbocycles. The summed E-state index contributed by atoms with van der Waals surface area (Å²) >= 11 is 1.50. The van der Waals surface area contributed by atoms with Gasteiger partial charge in [-0.1, -0.05) is 94.3 Å². The number of unbranched alkanes of at least 4 members (excludes halogenated alkanes) is 2. The Balaban J connectivity index is 1.68. The van der Waals surface area contributed by atoms with Gasteiger partial charge in [-0.25, -0.2) is 13.4 Å². The number of hydrogen-bond donors (Lipinski definition) is 0. The quantitative estimate of drug-likeness (QED) is 0.162. The lowest BCUT2D eigenvalue weighted by Crippen LogP contribution is -2.33. The summed E-state index contributed by atoms with van der Waals surface area (Å²) in [6, 6.07) is 22.4. The van der Waals surface area contributed by atoms with Crippen molar-refractivity contribution in [3.63, 3.8) is 0 Å². The Morgan fingerprint density at radius 1 is 0.875 bits per heavy atom. The number of nitrogens with zero attached hydrogens (tertiary/aromatic N) is 3. The molecule has 1 aromatic heterocycles. The van der Waals surface area contributed by atoms with Crippen LogP contribution in [0.25, 0.3) is 10.2 Å². The van der Waals surface area contributed by atoms with Crippen LogP contribution in [0.3, 0.4) is 0 Å². The third-order valence-corrected chi connectivity index (χ3v) is 9.94. The van der Waals surface area contributed by atoms with Gasteiger partial charge >= 0.3 is 0 Å². The molecule has 0 aliphatic heterocycles. The molecule has 0 saturated carbocycles. The molecule has 0 saturated heterocycles. The highest BCUT2D eigenvalue weighted by molar-refractivity contribution is 7.89. The van der Waals surface area contributed by atoms with Crippen LogP contribution in [0.1, 0.15) is 80.8 Å². The molecule has 8 heteroatoms. The monoisotopic (exact) mass is 577 g/mol. The van der Waals surface area contributed by atoms with E-state index in [-0.39, 0.29) is 10.8 Å². The van der Waals surface area contributed by atoms with Crippen molar-refractivity contribution in [1.82, 2.24) is 9.29 Å². The average molecular weight is 578 g/mol. The molecular formula is C32H39N3O3S2. The zero-order valence-electron chi connectivity index (χ0n) is 23.8. The number of para-hydroxylation sites is 1. The molecule has 1 heterocycles. The van der Waals surface area contributed by atoms with Crippen LogP contribution in [0.15, 0.2) is 77.7 Å². The summed E-state index contributed by atoms with van der Waals surface area (Å²) in [6.45, 7) is 9.76. The zero-order chi connectivity index (χ0) is 28.7. The summed E-state index contributed by atoms with van der Waals surface area (Å²) in [4.78, 5) is 20.8. The molecular weight excluding hydrogens is 539 g/mol. The van der Waals surface area contributed by atoms with E-state index < -0.39 is 10.0 Å². The predicted octanol–water partition coefficient (Wildman–Crippen LogP) is 7.86. The van der Waals surface area contributed by atoms with Crippen molar-refractivity contribution in [3.05, 3.63) is 89.5 Å². The molecule has 0 N–H and O–H groups in total. The van der Waals surface area contributed by atoms with Crippen LogP contribution in [-0.4, -0.2) is 36.7 Å². The number of carbonyl (C=O) groups excluding carboxylic acids is 1. The molecule has 4 rings (SSSR count). The first-order valence-electron chi connectivity index (χ1n) is 14.1. The summed E-state index contributed by atoms with van der Waals surface area (Å²) < 4.78 is 29.5. The van der Waals surface area contributed by atoms with E-state index in [9.17, 15) is 13.2 Å². The highest BCUT2D eigenvalue weighted by Crippen LogP contribution is 2.35. The van der Waals surface area contributed by atoms with Gasteiger partial charge in [-0.3, -0.25) is 9.69 Å². The first kappa shape index (κ1) is 29.9. The maximum atomic E-state index is 14.0. The minimum absolute atomic E-state index is 0.215. The Morgan fingerprint density at radius 3 is 2.12 bits per heavy atom. The second-order valence-corrected chi connectivity index (χ2v) is 13.3. The van der Waals surface area contributed by atoms with Crippen molar-refractivity contribution < 1.29 is 13.2 Å². The smallest absolute Gasteiger partial charge is 0.260 e. The van der Waals surface area contributed by atoms with E-state index in [4.69, 9.17) is 4.98 Å². The average Bonchev–Trinajstić information content (AvgIpc) is 3.40. The van der Waals surface area contributed by atoms with Gasteiger partial charge in [0.05, 0.1) is 21.7 Å². The molecule has 0 bridgehead atoms. The van der Waals surface area contributed by atoms with Gasteiger partial charge in [-0.05, 0) is 60.2 Å². The molecule has 6 nitrogen and oxygen atoms in total. The standard InChI is InChI=1S/C32H39N3O3S2/c1-5-7-21-34(22-8-6-2)40(37,38)27-19-17-26(18-20-27)31(36)35(23-25-13-10-9-11-14-25)32-33-30-28(24(3)4)15-12-16-29(30)39-32/h9-20,24H,5-8,21-23H2,1-4H3. The number of rotatable bonds is 13. The van der Waals surface area contributed by atoms with Gasteiger partial charge in [0.15, 0.2) is 5.13 Å². The number of benzene rings is 3. The number of anilines is 1. The minimum Gasteiger partial charge on any atom is -0.279 e. The Bertz CT molecular complexity index is 1510. The SMILES string of the molecule is CCCCN(CCCC)S(=O)(=O)c1ccc(C(=O)N(Cc2ccccc2)c2nc3c(C(C)C)cccc3s2)cc1. The molecule has 0 unspecified atom stereocenters. The van der Waals surface area contributed by atoms with Crippen LogP contribution in [-0.2, 0) is 16.6 Å². The van der Waals surface area contributed by atoms with Crippen LogP contribution in [0, 0.1) is 0 Å². The molecule has 0 radical (unpaired) electrons. The number of thiazole rings is 1. The Hall–Kier alpha value is -3.07. The van der Waals surface area contributed by atoms with Crippen LogP contribution in [0.5, 0.6) is 0 Å². The van der Waals surface area contributed by atoms with Crippen LogP contribution in [0.4, 0.5) is 5.13 Å². The number of amides is 1. The molecule has 40 heavy (non-hydrogen) atoms. The summed E-state index contributed by atoms with van der Waals surface area (Å²) in [6.07, 6.45) is 3.48. The van der Waals surface area contributed by atoms with Gasteiger partial charge in [0.1, 0.15) is 0 Å². The lowest BCUT2D eigenvalue weighted by Gasteiger charge is -2.23. The summed E-state index contributed by atoms with van der Waals surface area (Å²) in [7, 11) is -3.64. The fourth-order valence-corrected chi connectivity index (χ4v) is 7.14. The maximum Gasteiger partial charge on any atom is 0.260 e. The van der Waals surface area contributed by atoms with Gasteiger partial charge in [0, 0.05) is 18.7 Å². The third kappa shape index (κ3) is 6.79. The zero-order valence-corrected chi connectivity index (χ0v) is 25.5. The van der Waals surface area contributed by atoms with E-state index in [0.29, 0.717) is 36.2 Å². The van der Waals surface area contributed by atoms with Gasteiger partial charge in [-0.2, -0.15) is 4.31 Å². The van der Waals surface area contributed by atoms with Crippen molar-refractivity contribution in [1.29, 1.82) is 0 Å². The Morgan fingerprint density at radius 2 is 1.52 bits per heavy atom. The number of carbonyl (C=O) groups is 1. The van der Waals surface area contributed by atoms with Crippen LogP contribution >= 0.6 is 11.3 Å². The Labute approximate surface area is 242 Å². The lowest BCUT2D eigenvalue weighted by atomic mass is 10.0. The van der Waals surface area contributed by atoms with Crippen LogP contribution in [0.2, 0.25) is 0 Å². The number of sulfonamides is 1. The largest absolute Gasteiger partial charge is 0.279 e. The Kier molecular flexibility index (Phi) is 10.1. The molecule has 0 aliphatic carbocycles. The first-order chi connectivity index (χ1) is 19.3. The van der Waals surface area contributed by atoms with Gasteiger partial charge in [0.25, 0.3) is 5.91 Å². The van der Waals surface area contributed by atoms with Crippen molar-refractivity contribution in [2.45, 2.75) is 70.7 Å². The van der Waals surface area contributed by atoms with E-state index in [1.807, 2.05) is 42.5 Å². The van der Waals surface area contributed by atoms with Gasteiger partial charge < -0.3 is 0 Å². The van der Waals surface area contributed by atoms with E-state index in [1.54, 1.807) is 33.5 Å². The maximum absolute atomic E-state index is 14.0. The summed E-state index contributed by atoms with van der Waals surface area (Å²) in [5.74, 6) is 0.0902. The van der Waals surface area contributed by atoms with E-state index in [2.05, 4.69) is 33.8 Å². The molecule has 0 fully saturated rings. The van der Waals surface area contributed by atoms with E-state index >= 15 is 0 Å². The first-order valence-corrected chi connectivity index (χ1v) is 16.4. The molecule has 0 atom stereocenters. The molecule has 0 aliphatic rings. The van der Waals surface area contributed by atoms with Crippen molar-refractivity contribution in [2.75, 3.05) is 18.0 Å². The van der Waals surface area contributed by atoms with Crippen molar-refractivity contribution in [3.8, 4) is 0 Å². The number of fused-ring (bicyclic) bond motifs is 1. The van der Waals surface area contributed by atoms with Crippen LogP contribution < -0.4 is 4.90 Å². The molecule has 1 amide bonds. The van der Waals surface area contributed by atoms with Gasteiger partial charge in [0.2, 0.25) is 10.0 Å². The van der Waals surface area contributed by atoms with Gasteiger partial charge in [-0.15, -0.1) is 0 Å². The highest BCUT2D eigenvalue weighted by atomic mass is 32.2. The van der Waals surface area contributed by atoms with E-state index in [1.165, 1.54) is 11.3 Å². The van der Waals surface area contributed by atoms with Crippen molar-refractivity contribution in [2.24, 2.45) is 0 Å². The fraction of sp³-hybridized carbons (Fsp3) is 0.375. The second-order valence-electron chi connectivity index (χ2n) is 10.4. The summed E-state index contributed by atoms with van der Waals surface area (Å²) in [5, 5.41) is 0.624. The topological polar surface area (TPSA) is 70.6 Å². The van der Waals surface area contributed by atoms with Crippen molar-refractivity contribution >= 4 is 42.6 Å². The molecule has 212 valence electrons. The highest BCUT2D eigenvalue weighted by Gasteiger charge is 2.26. The molecule has 4 aromatic rings. The fourth-order valence-electron chi connectivity index (χ4n) is 4.63. The normalized spacial score (nSPS) is 11.9. The second kappa shape index (κ2) is 13.5. The predicted molar refractivity (Wildman–Crippen MR) is 166 cm³/mol. The number of hydrogen-bond acceptors (Lipinski definition) is 5. The lowest BCUT2D eigenvalue weighted by molar-refractivity contribution is 0.0985.